The number of hydrogen-bond acceptors (Lipinski definition) is 3. The Morgan fingerprint density at radius 2 is 1.93 bits per heavy atom. The van der Waals surface area contributed by atoms with Crippen molar-refractivity contribution in [1.82, 2.24) is 0 Å². The predicted octanol–water partition coefficient (Wildman–Crippen LogP) is 4.20. The van der Waals surface area contributed by atoms with E-state index in [0.717, 1.165) is 11.3 Å². The highest BCUT2D eigenvalue weighted by Crippen LogP contribution is 2.65. The first-order valence-corrected chi connectivity index (χ1v) is 9.42. The van der Waals surface area contributed by atoms with Gasteiger partial charge in [-0.25, -0.2) is 0 Å². The molecule has 4 atom stereocenters. The Labute approximate surface area is 164 Å². The van der Waals surface area contributed by atoms with Crippen molar-refractivity contribution in [2.45, 2.75) is 32.2 Å². The lowest BCUT2D eigenvalue weighted by molar-refractivity contribution is -0.134. The van der Waals surface area contributed by atoms with E-state index in [1.54, 1.807) is 24.1 Å². The van der Waals surface area contributed by atoms with Gasteiger partial charge in [0.05, 0.1) is 11.3 Å². The SMILES string of the molecule is C=C[C@]1(C)C(Cl)=C[C@@H]2C(=O)[C@]1(N=C)c1cccc3c1[C@H](C(=O)N3C)C2(C)C. The van der Waals surface area contributed by atoms with Gasteiger partial charge in [-0.3, -0.25) is 14.6 Å². The van der Waals surface area contributed by atoms with Crippen LogP contribution in [0.2, 0.25) is 0 Å². The van der Waals surface area contributed by atoms with Gasteiger partial charge in [-0.1, -0.05) is 49.7 Å². The van der Waals surface area contributed by atoms with Crippen LogP contribution in [-0.4, -0.2) is 25.5 Å². The van der Waals surface area contributed by atoms with E-state index < -0.39 is 28.2 Å². The Morgan fingerprint density at radius 1 is 1.26 bits per heavy atom. The molecule has 4 nitrogen and oxygen atoms in total. The first-order valence-electron chi connectivity index (χ1n) is 9.04. The number of aliphatic imine (C=N–C) groups is 1. The van der Waals surface area contributed by atoms with E-state index in [1.807, 2.05) is 39.0 Å². The second-order valence-electron chi connectivity index (χ2n) is 8.52. The number of amides is 1. The predicted molar refractivity (Wildman–Crippen MR) is 108 cm³/mol. The summed E-state index contributed by atoms with van der Waals surface area (Å²) in [5.41, 5.74) is -0.499. The summed E-state index contributed by atoms with van der Waals surface area (Å²) in [7, 11) is 1.78. The lowest BCUT2D eigenvalue weighted by Gasteiger charge is -2.48. The second-order valence-corrected chi connectivity index (χ2v) is 8.93. The Kier molecular flexibility index (Phi) is 3.50. The number of hydrogen-bond donors (Lipinski definition) is 0. The molecular formula is C22H23ClN2O2. The highest BCUT2D eigenvalue weighted by atomic mass is 35.5. The Morgan fingerprint density at radius 3 is 2.52 bits per heavy atom. The molecular weight excluding hydrogens is 360 g/mol. The molecule has 5 heteroatoms. The normalized spacial score (nSPS) is 36.0. The smallest absolute Gasteiger partial charge is 0.234 e. The van der Waals surface area contributed by atoms with E-state index in [1.165, 1.54) is 0 Å². The third-order valence-corrected chi connectivity index (χ3v) is 7.61. The number of likely N-dealkylation sites (N-methyl/N-ethyl adjacent to an activating group) is 1. The van der Waals surface area contributed by atoms with E-state index in [2.05, 4.69) is 18.3 Å². The molecule has 0 fully saturated rings. The van der Waals surface area contributed by atoms with Crippen molar-refractivity contribution in [2.75, 3.05) is 11.9 Å². The van der Waals surface area contributed by atoms with Crippen molar-refractivity contribution >= 4 is 35.7 Å². The minimum Gasteiger partial charge on any atom is -0.315 e. The lowest BCUT2D eigenvalue weighted by Crippen LogP contribution is -2.54. The Balaban J connectivity index is 2.25. The van der Waals surface area contributed by atoms with Crippen molar-refractivity contribution in [2.24, 2.45) is 21.7 Å². The fraction of sp³-hybridized carbons (Fsp3) is 0.409. The third kappa shape index (κ3) is 1.73. The summed E-state index contributed by atoms with van der Waals surface area (Å²) < 4.78 is 0. The molecule has 2 aliphatic carbocycles. The molecule has 0 radical (unpaired) electrons. The number of Topliss-reactive ketones (excluding diaryl/α,β-unsaturated/α-hetero) is 1. The van der Waals surface area contributed by atoms with Gasteiger partial charge in [0.15, 0.2) is 11.3 Å². The summed E-state index contributed by atoms with van der Waals surface area (Å²) in [5.74, 6) is -1.08. The number of fused-ring (bicyclic) bond motifs is 3. The number of rotatable bonds is 2. The molecule has 1 amide bonds. The molecule has 140 valence electrons. The van der Waals surface area contributed by atoms with Crippen LogP contribution in [-0.2, 0) is 15.1 Å². The van der Waals surface area contributed by atoms with Crippen LogP contribution in [0, 0.1) is 16.7 Å². The lowest BCUT2D eigenvalue weighted by atomic mass is 9.57. The van der Waals surface area contributed by atoms with E-state index in [0.29, 0.717) is 10.6 Å². The third-order valence-electron chi connectivity index (χ3n) is 7.09. The number of anilines is 1. The van der Waals surface area contributed by atoms with Gasteiger partial charge in [0.25, 0.3) is 0 Å². The maximum absolute atomic E-state index is 13.9. The summed E-state index contributed by atoms with van der Waals surface area (Å²) in [6.45, 7) is 13.6. The molecule has 0 N–H and O–H groups in total. The minimum atomic E-state index is -1.31. The second kappa shape index (κ2) is 5.20. The number of nitrogens with zero attached hydrogens (tertiary/aromatic N) is 2. The fourth-order valence-corrected chi connectivity index (χ4v) is 5.70. The zero-order valence-electron chi connectivity index (χ0n) is 16.0. The van der Waals surface area contributed by atoms with Gasteiger partial charge in [-0.15, -0.1) is 6.58 Å². The zero-order chi connectivity index (χ0) is 19.9. The zero-order valence-corrected chi connectivity index (χ0v) is 16.8. The molecule has 1 heterocycles. The van der Waals surface area contributed by atoms with E-state index >= 15 is 0 Å². The van der Waals surface area contributed by atoms with Crippen LogP contribution >= 0.6 is 11.6 Å². The molecule has 1 aromatic rings. The molecule has 0 saturated heterocycles. The van der Waals surface area contributed by atoms with Gasteiger partial charge in [0, 0.05) is 23.7 Å². The highest BCUT2D eigenvalue weighted by Gasteiger charge is 2.67. The van der Waals surface area contributed by atoms with Crippen molar-refractivity contribution in [3.8, 4) is 0 Å². The van der Waals surface area contributed by atoms with Gasteiger partial charge < -0.3 is 4.90 Å². The Hall–Kier alpha value is -2.20. The van der Waals surface area contributed by atoms with Crippen LogP contribution in [0.15, 0.2) is 47.0 Å². The van der Waals surface area contributed by atoms with Crippen molar-refractivity contribution in [3.63, 3.8) is 0 Å². The number of halogens is 1. The summed E-state index contributed by atoms with van der Waals surface area (Å²) in [5, 5.41) is 0.515. The maximum atomic E-state index is 13.9. The Bertz CT molecular complexity index is 963. The van der Waals surface area contributed by atoms with Crippen molar-refractivity contribution < 1.29 is 9.59 Å². The molecule has 1 aliphatic heterocycles. The van der Waals surface area contributed by atoms with Crippen LogP contribution in [0.5, 0.6) is 0 Å². The van der Waals surface area contributed by atoms with Crippen LogP contribution in [0.4, 0.5) is 5.69 Å². The molecule has 3 aliphatic rings. The summed E-state index contributed by atoms with van der Waals surface area (Å²) in [6, 6.07) is 5.67. The number of carbonyl (C=O) groups excluding carboxylic acids is 2. The van der Waals surface area contributed by atoms with Gasteiger partial charge in [0.1, 0.15) is 0 Å². The first-order chi connectivity index (χ1) is 12.6. The van der Waals surface area contributed by atoms with Gasteiger partial charge in [-0.05, 0) is 36.2 Å². The molecule has 0 spiro atoms. The number of benzene rings is 1. The average Bonchev–Trinajstić information content (AvgIpc) is 2.88. The standard InChI is InChI=1S/C22H23ClN2O2/c1-7-21(4)15(23)11-13-18(26)22(21,24-5)12-9-8-10-14-16(12)17(20(13,2)3)19(27)25(14)6/h7-11,13,17H,1,5H2,2-4,6H3/t13-,17-,21-,22-/m1/s1. The first kappa shape index (κ1) is 18.2. The summed E-state index contributed by atoms with van der Waals surface area (Å²) in [6.07, 6.45) is 3.48. The summed E-state index contributed by atoms with van der Waals surface area (Å²) in [4.78, 5) is 33.3. The molecule has 0 saturated carbocycles. The van der Waals surface area contributed by atoms with E-state index in [-0.39, 0.29) is 11.7 Å². The van der Waals surface area contributed by atoms with Crippen LogP contribution in [0.1, 0.15) is 37.8 Å². The monoisotopic (exact) mass is 382 g/mol. The molecule has 4 rings (SSSR count). The van der Waals surface area contributed by atoms with Gasteiger partial charge in [-0.2, -0.15) is 0 Å². The summed E-state index contributed by atoms with van der Waals surface area (Å²) >= 11 is 6.75. The number of ketones is 1. The topological polar surface area (TPSA) is 49.7 Å². The number of carbonyl (C=O) groups is 2. The molecule has 1 aromatic carbocycles. The quantitative estimate of drug-likeness (QED) is 0.568. The van der Waals surface area contributed by atoms with Crippen LogP contribution in [0.3, 0.4) is 0 Å². The molecule has 27 heavy (non-hydrogen) atoms. The van der Waals surface area contributed by atoms with Crippen LogP contribution in [0.25, 0.3) is 0 Å². The van der Waals surface area contributed by atoms with Gasteiger partial charge in [0.2, 0.25) is 5.91 Å². The fourth-order valence-electron chi connectivity index (χ4n) is 5.36. The molecule has 0 unspecified atom stereocenters. The number of allylic oxidation sites excluding steroid dienone is 1. The average molecular weight is 383 g/mol. The highest BCUT2D eigenvalue weighted by molar-refractivity contribution is 6.32. The van der Waals surface area contributed by atoms with Crippen LogP contribution < -0.4 is 4.90 Å². The van der Waals surface area contributed by atoms with Crippen molar-refractivity contribution in [1.29, 1.82) is 0 Å². The maximum Gasteiger partial charge on any atom is 0.234 e. The van der Waals surface area contributed by atoms with E-state index in [9.17, 15) is 9.59 Å². The van der Waals surface area contributed by atoms with E-state index in [4.69, 9.17) is 11.6 Å². The van der Waals surface area contributed by atoms with Gasteiger partial charge >= 0.3 is 0 Å². The largest absolute Gasteiger partial charge is 0.315 e. The minimum absolute atomic E-state index is 0.00755. The molecule has 2 bridgehead atoms. The molecule has 0 aromatic heterocycles. The van der Waals surface area contributed by atoms with Crippen molar-refractivity contribution in [3.05, 3.63) is 53.1 Å².